The molecule has 1 aliphatic carbocycles. The van der Waals surface area contributed by atoms with Gasteiger partial charge in [-0.15, -0.1) is 11.6 Å². The van der Waals surface area contributed by atoms with Crippen LogP contribution in [0.3, 0.4) is 0 Å². The lowest BCUT2D eigenvalue weighted by atomic mass is 9.81. The Balaban J connectivity index is 1.81. The zero-order valence-electron chi connectivity index (χ0n) is 10.1. The SMILES string of the molecule is Clc1cc2c(cc1C(Cl)CC1CCC1)OCCO2. The van der Waals surface area contributed by atoms with Crippen molar-refractivity contribution in [3.05, 3.63) is 22.7 Å². The zero-order chi connectivity index (χ0) is 12.5. The molecule has 4 heteroatoms. The molecule has 1 saturated carbocycles. The van der Waals surface area contributed by atoms with Gasteiger partial charge in [-0.2, -0.15) is 0 Å². The largest absolute Gasteiger partial charge is 0.486 e. The van der Waals surface area contributed by atoms with Crippen LogP contribution in [0, 0.1) is 5.92 Å². The Morgan fingerprint density at radius 3 is 2.44 bits per heavy atom. The lowest BCUT2D eigenvalue weighted by Gasteiger charge is -2.28. The first kappa shape index (κ1) is 12.4. The van der Waals surface area contributed by atoms with Gasteiger partial charge in [-0.25, -0.2) is 0 Å². The van der Waals surface area contributed by atoms with Gasteiger partial charge < -0.3 is 9.47 Å². The van der Waals surface area contributed by atoms with Gasteiger partial charge in [0.15, 0.2) is 11.5 Å². The van der Waals surface area contributed by atoms with Crippen LogP contribution >= 0.6 is 23.2 Å². The fraction of sp³-hybridized carbons (Fsp3) is 0.571. The van der Waals surface area contributed by atoms with E-state index in [-0.39, 0.29) is 5.38 Å². The molecule has 1 unspecified atom stereocenters. The second kappa shape index (κ2) is 5.18. The molecule has 1 fully saturated rings. The molecule has 1 aromatic carbocycles. The minimum absolute atomic E-state index is 0.0290. The minimum atomic E-state index is -0.0290. The van der Waals surface area contributed by atoms with Crippen molar-refractivity contribution in [1.82, 2.24) is 0 Å². The maximum atomic E-state index is 6.48. The maximum Gasteiger partial charge on any atom is 0.162 e. The lowest BCUT2D eigenvalue weighted by molar-refractivity contribution is 0.171. The number of fused-ring (bicyclic) bond motifs is 1. The summed E-state index contributed by atoms with van der Waals surface area (Å²) in [5.74, 6) is 2.25. The van der Waals surface area contributed by atoms with Gasteiger partial charge in [-0.05, 0) is 24.0 Å². The Hall–Kier alpha value is -0.600. The van der Waals surface area contributed by atoms with E-state index in [1.54, 1.807) is 0 Å². The van der Waals surface area contributed by atoms with Crippen molar-refractivity contribution in [3.8, 4) is 11.5 Å². The van der Waals surface area contributed by atoms with Crippen molar-refractivity contribution >= 4 is 23.2 Å². The smallest absolute Gasteiger partial charge is 0.162 e. The van der Waals surface area contributed by atoms with E-state index < -0.39 is 0 Å². The predicted octanol–water partition coefficient (Wildman–Crippen LogP) is 4.58. The summed E-state index contributed by atoms with van der Waals surface area (Å²) in [6.07, 6.45) is 4.93. The molecular weight excluding hydrogens is 271 g/mol. The maximum absolute atomic E-state index is 6.48. The molecule has 0 bridgehead atoms. The molecule has 98 valence electrons. The van der Waals surface area contributed by atoms with E-state index >= 15 is 0 Å². The van der Waals surface area contributed by atoms with Crippen molar-refractivity contribution in [3.63, 3.8) is 0 Å². The van der Waals surface area contributed by atoms with Gasteiger partial charge in [0.25, 0.3) is 0 Å². The summed E-state index contributed by atoms with van der Waals surface area (Å²) < 4.78 is 11.1. The Labute approximate surface area is 117 Å². The molecule has 1 atom stereocenters. The molecule has 0 radical (unpaired) electrons. The van der Waals surface area contributed by atoms with E-state index in [2.05, 4.69) is 0 Å². The van der Waals surface area contributed by atoms with Gasteiger partial charge in [-0.3, -0.25) is 0 Å². The number of alkyl halides is 1. The van der Waals surface area contributed by atoms with Gasteiger partial charge >= 0.3 is 0 Å². The molecule has 0 N–H and O–H groups in total. The molecule has 2 nitrogen and oxygen atoms in total. The zero-order valence-corrected chi connectivity index (χ0v) is 11.6. The molecule has 1 heterocycles. The van der Waals surface area contributed by atoms with E-state index in [9.17, 15) is 0 Å². The van der Waals surface area contributed by atoms with Crippen LogP contribution in [0.2, 0.25) is 5.02 Å². The third-order valence-corrected chi connectivity index (χ3v) is 4.50. The van der Waals surface area contributed by atoms with E-state index in [0.717, 1.165) is 29.4 Å². The highest BCUT2D eigenvalue weighted by Crippen LogP contribution is 2.43. The summed E-state index contributed by atoms with van der Waals surface area (Å²) in [5, 5.41) is 0.650. The first-order valence-electron chi connectivity index (χ1n) is 6.47. The van der Waals surface area contributed by atoms with Crippen LogP contribution in [0.1, 0.15) is 36.6 Å². The third-order valence-electron chi connectivity index (χ3n) is 3.76. The molecule has 0 saturated heterocycles. The highest BCUT2D eigenvalue weighted by molar-refractivity contribution is 6.33. The van der Waals surface area contributed by atoms with Crippen molar-refractivity contribution < 1.29 is 9.47 Å². The number of ether oxygens (including phenoxy) is 2. The first-order chi connectivity index (χ1) is 8.74. The summed E-state index contributed by atoms with van der Waals surface area (Å²) in [4.78, 5) is 0. The lowest BCUT2D eigenvalue weighted by Crippen LogP contribution is -2.16. The first-order valence-corrected chi connectivity index (χ1v) is 7.28. The van der Waals surface area contributed by atoms with E-state index in [1.165, 1.54) is 19.3 Å². The van der Waals surface area contributed by atoms with Crippen molar-refractivity contribution in [2.75, 3.05) is 13.2 Å². The Bertz CT molecular complexity index is 444. The van der Waals surface area contributed by atoms with Gasteiger partial charge in [0.2, 0.25) is 0 Å². The van der Waals surface area contributed by atoms with Crippen LogP contribution in [-0.2, 0) is 0 Å². The fourth-order valence-electron chi connectivity index (χ4n) is 2.47. The van der Waals surface area contributed by atoms with Crippen LogP contribution in [0.5, 0.6) is 11.5 Å². The molecule has 3 rings (SSSR count). The highest BCUT2D eigenvalue weighted by atomic mass is 35.5. The van der Waals surface area contributed by atoms with Crippen LogP contribution in [0.15, 0.2) is 12.1 Å². The molecule has 1 aromatic rings. The molecule has 0 amide bonds. The van der Waals surface area contributed by atoms with E-state index in [0.29, 0.717) is 18.2 Å². The van der Waals surface area contributed by atoms with Crippen molar-refractivity contribution in [2.24, 2.45) is 5.92 Å². The molecular formula is C14H16Cl2O2. The summed E-state index contributed by atoms with van der Waals surface area (Å²) >= 11 is 12.8. The Morgan fingerprint density at radius 2 is 1.83 bits per heavy atom. The number of hydrogen-bond acceptors (Lipinski definition) is 2. The van der Waals surface area contributed by atoms with Crippen LogP contribution in [-0.4, -0.2) is 13.2 Å². The minimum Gasteiger partial charge on any atom is -0.486 e. The Kier molecular flexibility index (Phi) is 3.58. The number of rotatable bonds is 3. The van der Waals surface area contributed by atoms with Crippen LogP contribution in [0.4, 0.5) is 0 Å². The Morgan fingerprint density at radius 1 is 1.17 bits per heavy atom. The summed E-state index contributed by atoms with van der Waals surface area (Å²) in [6, 6.07) is 3.76. The molecule has 2 aliphatic rings. The highest BCUT2D eigenvalue weighted by Gasteiger charge is 2.25. The van der Waals surface area contributed by atoms with Crippen LogP contribution in [0.25, 0.3) is 0 Å². The van der Waals surface area contributed by atoms with Crippen molar-refractivity contribution in [2.45, 2.75) is 31.1 Å². The summed E-state index contributed by atoms with van der Waals surface area (Å²) in [7, 11) is 0. The predicted molar refractivity (Wildman–Crippen MR) is 73.0 cm³/mol. The third kappa shape index (κ3) is 2.41. The van der Waals surface area contributed by atoms with Gasteiger partial charge in [0.05, 0.1) is 5.38 Å². The second-order valence-electron chi connectivity index (χ2n) is 5.02. The monoisotopic (exact) mass is 286 g/mol. The summed E-state index contributed by atoms with van der Waals surface area (Å²) in [6.45, 7) is 1.17. The number of benzene rings is 1. The van der Waals surface area contributed by atoms with Crippen LogP contribution < -0.4 is 9.47 Å². The molecule has 0 aromatic heterocycles. The fourth-order valence-corrected chi connectivity index (χ4v) is 3.24. The topological polar surface area (TPSA) is 18.5 Å². The van der Waals surface area contributed by atoms with E-state index in [4.69, 9.17) is 32.7 Å². The van der Waals surface area contributed by atoms with Gasteiger partial charge in [0.1, 0.15) is 13.2 Å². The summed E-state index contributed by atoms with van der Waals surface area (Å²) in [5.41, 5.74) is 0.967. The van der Waals surface area contributed by atoms with E-state index in [1.807, 2.05) is 12.1 Å². The quantitative estimate of drug-likeness (QED) is 0.757. The average Bonchev–Trinajstić information content (AvgIpc) is 2.32. The van der Waals surface area contributed by atoms with Gasteiger partial charge in [0, 0.05) is 11.1 Å². The molecule has 0 spiro atoms. The van der Waals surface area contributed by atoms with Crippen molar-refractivity contribution in [1.29, 1.82) is 0 Å². The molecule has 18 heavy (non-hydrogen) atoms. The second-order valence-corrected chi connectivity index (χ2v) is 5.95. The van der Waals surface area contributed by atoms with Gasteiger partial charge in [-0.1, -0.05) is 30.9 Å². The number of hydrogen-bond donors (Lipinski definition) is 0. The number of halogens is 2. The normalized spacial score (nSPS) is 20.3. The standard InChI is InChI=1S/C14H16Cl2O2/c15-11(6-9-2-1-3-9)10-7-13-14(8-12(10)16)18-5-4-17-13/h7-9,11H,1-6H2. The average molecular weight is 287 g/mol. The molecule has 1 aliphatic heterocycles.